The molecule has 0 bridgehead atoms. The van der Waals surface area contributed by atoms with Crippen molar-refractivity contribution in [1.29, 1.82) is 0 Å². The molecule has 0 aliphatic heterocycles. The van der Waals surface area contributed by atoms with Gasteiger partial charge in [-0.1, -0.05) is 50.9 Å². The van der Waals surface area contributed by atoms with Crippen LogP contribution in [0.3, 0.4) is 0 Å². The molecule has 0 unspecified atom stereocenters. The Morgan fingerprint density at radius 2 is 1.70 bits per heavy atom. The number of aromatic nitrogens is 1. The fraction of sp³-hybridized carbons (Fsp3) is 0.600. The molecule has 0 fully saturated rings. The molecular weight excluding hydrogens is 295 g/mol. The summed E-state index contributed by atoms with van der Waals surface area (Å²) in [5, 5.41) is 0.491. The van der Waals surface area contributed by atoms with E-state index in [9.17, 15) is 4.79 Å². The molecule has 0 saturated carbocycles. The van der Waals surface area contributed by atoms with Crippen molar-refractivity contribution < 1.29 is 4.79 Å². The van der Waals surface area contributed by atoms with Crippen LogP contribution >= 0.6 is 23.2 Å². The van der Waals surface area contributed by atoms with E-state index in [-0.39, 0.29) is 22.3 Å². The maximum absolute atomic E-state index is 12.7. The van der Waals surface area contributed by atoms with E-state index >= 15 is 0 Å². The minimum absolute atomic E-state index is 0.0291. The lowest BCUT2D eigenvalue weighted by Gasteiger charge is -2.32. The summed E-state index contributed by atoms with van der Waals surface area (Å²) < 4.78 is 0. The zero-order chi connectivity index (χ0) is 15.3. The van der Waals surface area contributed by atoms with Crippen molar-refractivity contribution in [3.8, 4) is 0 Å². The Labute approximate surface area is 131 Å². The SMILES string of the molecule is CCC(CC)N(CC(C)C)C(=O)c1cc(Cl)nc(Cl)c1. The van der Waals surface area contributed by atoms with E-state index in [1.54, 1.807) is 12.1 Å². The Morgan fingerprint density at radius 1 is 1.20 bits per heavy atom. The zero-order valence-electron chi connectivity index (χ0n) is 12.5. The van der Waals surface area contributed by atoms with Gasteiger partial charge in [0.25, 0.3) is 5.91 Å². The lowest BCUT2D eigenvalue weighted by Crippen LogP contribution is -2.42. The first-order valence-corrected chi connectivity index (χ1v) is 7.78. The summed E-state index contributed by atoms with van der Waals surface area (Å²) in [7, 11) is 0. The van der Waals surface area contributed by atoms with Gasteiger partial charge in [-0.25, -0.2) is 4.98 Å². The molecule has 0 N–H and O–H groups in total. The fourth-order valence-corrected chi connectivity index (χ4v) is 2.74. The molecule has 0 radical (unpaired) electrons. The first kappa shape index (κ1) is 17.3. The lowest BCUT2D eigenvalue weighted by atomic mass is 10.1. The molecule has 1 heterocycles. The fourth-order valence-electron chi connectivity index (χ4n) is 2.27. The van der Waals surface area contributed by atoms with Crippen LogP contribution in [0.2, 0.25) is 10.3 Å². The third-order valence-electron chi connectivity index (χ3n) is 3.22. The quantitative estimate of drug-likeness (QED) is 0.714. The number of nitrogens with zero attached hydrogens (tertiary/aromatic N) is 2. The van der Waals surface area contributed by atoms with Gasteiger partial charge in [-0.2, -0.15) is 0 Å². The van der Waals surface area contributed by atoms with Gasteiger partial charge >= 0.3 is 0 Å². The van der Waals surface area contributed by atoms with Crippen LogP contribution in [-0.4, -0.2) is 28.4 Å². The summed E-state index contributed by atoms with van der Waals surface area (Å²) in [6.45, 7) is 9.13. The van der Waals surface area contributed by atoms with Gasteiger partial charge in [0.15, 0.2) is 0 Å². The molecule has 1 amide bonds. The summed E-state index contributed by atoms with van der Waals surface area (Å²) >= 11 is 11.8. The molecule has 112 valence electrons. The maximum Gasteiger partial charge on any atom is 0.254 e. The lowest BCUT2D eigenvalue weighted by molar-refractivity contribution is 0.0640. The molecular formula is C15H22Cl2N2O. The third kappa shape index (κ3) is 4.64. The van der Waals surface area contributed by atoms with Gasteiger partial charge in [0.1, 0.15) is 10.3 Å². The first-order valence-electron chi connectivity index (χ1n) is 7.03. The largest absolute Gasteiger partial charge is 0.335 e. The monoisotopic (exact) mass is 316 g/mol. The Balaban J connectivity index is 3.08. The molecule has 20 heavy (non-hydrogen) atoms. The van der Waals surface area contributed by atoms with Gasteiger partial charge < -0.3 is 4.90 Å². The summed E-state index contributed by atoms with van der Waals surface area (Å²) in [4.78, 5) is 18.5. The molecule has 5 heteroatoms. The van der Waals surface area contributed by atoms with Crippen LogP contribution in [0.4, 0.5) is 0 Å². The van der Waals surface area contributed by atoms with Crippen molar-refractivity contribution in [3.05, 3.63) is 28.0 Å². The summed E-state index contributed by atoms with van der Waals surface area (Å²) in [6.07, 6.45) is 1.86. The van der Waals surface area contributed by atoms with Crippen LogP contribution in [0.5, 0.6) is 0 Å². The van der Waals surface area contributed by atoms with Crippen molar-refractivity contribution in [1.82, 2.24) is 9.88 Å². The van der Waals surface area contributed by atoms with Crippen molar-refractivity contribution in [2.45, 2.75) is 46.6 Å². The predicted octanol–water partition coefficient (Wildman–Crippen LogP) is 4.68. The van der Waals surface area contributed by atoms with Crippen molar-refractivity contribution in [3.63, 3.8) is 0 Å². The number of rotatable bonds is 6. The molecule has 0 aromatic carbocycles. The molecule has 0 aliphatic rings. The number of carbonyl (C=O) groups is 1. The highest BCUT2D eigenvalue weighted by Gasteiger charge is 2.23. The normalized spacial score (nSPS) is 11.2. The van der Waals surface area contributed by atoms with E-state index in [2.05, 4.69) is 32.7 Å². The van der Waals surface area contributed by atoms with E-state index in [0.717, 1.165) is 19.4 Å². The smallest absolute Gasteiger partial charge is 0.254 e. The van der Waals surface area contributed by atoms with E-state index in [1.165, 1.54) is 0 Å². The van der Waals surface area contributed by atoms with Crippen LogP contribution in [0.15, 0.2) is 12.1 Å². The van der Waals surface area contributed by atoms with Crippen LogP contribution in [0.25, 0.3) is 0 Å². The summed E-state index contributed by atoms with van der Waals surface area (Å²) in [5.41, 5.74) is 0.502. The molecule has 0 aliphatic carbocycles. The zero-order valence-corrected chi connectivity index (χ0v) is 14.0. The number of carbonyl (C=O) groups excluding carboxylic acids is 1. The average molecular weight is 317 g/mol. The number of halogens is 2. The maximum atomic E-state index is 12.7. The molecule has 1 rings (SSSR count). The third-order valence-corrected chi connectivity index (χ3v) is 3.60. The molecule has 3 nitrogen and oxygen atoms in total. The second-order valence-electron chi connectivity index (χ2n) is 5.32. The number of pyridine rings is 1. The topological polar surface area (TPSA) is 33.2 Å². The molecule has 0 spiro atoms. The van der Waals surface area contributed by atoms with Gasteiger partial charge in [-0.15, -0.1) is 0 Å². The van der Waals surface area contributed by atoms with E-state index in [4.69, 9.17) is 23.2 Å². The summed E-state index contributed by atoms with van der Waals surface area (Å²) in [6, 6.07) is 3.38. The van der Waals surface area contributed by atoms with E-state index in [0.29, 0.717) is 11.5 Å². The van der Waals surface area contributed by atoms with Crippen molar-refractivity contribution in [2.24, 2.45) is 5.92 Å². The second-order valence-corrected chi connectivity index (χ2v) is 6.10. The highest BCUT2D eigenvalue weighted by Crippen LogP contribution is 2.20. The molecule has 1 aromatic rings. The van der Waals surface area contributed by atoms with Crippen LogP contribution < -0.4 is 0 Å². The van der Waals surface area contributed by atoms with Gasteiger partial charge in [-0.3, -0.25) is 4.79 Å². The van der Waals surface area contributed by atoms with Gasteiger partial charge in [-0.05, 0) is 30.9 Å². The number of hydrogen-bond acceptors (Lipinski definition) is 2. The van der Waals surface area contributed by atoms with Crippen molar-refractivity contribution >= 4 is 29.1 Å². The van der Waals surface area contributed by atoms with Gasteiger partial charge in [0.05, 0.1) is 0 Å². The Morgan fingerprint density at radius 3 is 2.10 bits per heavy atom. The van der Waals surface area contributed by atoms with E-state index < -0.39 is 0 Å². The molecule has 1 aromatic heterocycles. The first-order chi connectivity index (χ1) is 9.38. The second kappa shape index (κ2) is 7.84. The van der Waals surface area contributed by atoms with Crippen molar-refractivity contribution in [2.75, 3.05) is 6.54 Å². The van der Waals surface area contributed by atoms with Gasteiger partial charge in [0, 0.05) is 18.2 Å². The number of hydrogen-bond donors (Lipinski definition) is 0. The van der Waals surface area contributed by atoms with Crippen LogP contribution in [0.1, 0.15) is 50.9 Å². The van der Waals surface area contributed by atoms with Crippen LogP contribution in [0, 0.1) is 5.92 Å². The molecule has 0 saturated heterocycles. The van der Waals surface area contributed by atoms with Crippen LogP contribution in [-0.2, 0) is 0 Å². The highest BCUT2D eigenvalue weighted by molar-refractivity contribution is 6.33. The summed E-state index contributed by atoms with van der Waals surface area (Å²) in [5.74, 6) is 0.380. The Bertz CT molecular complexity index is 439. The predicted molar refractivity (Wildman–Crippen MR) is 84.5 cm³/mol. The Kier molecular flexibility index (Phi) is 6.77. The highest BCUT2D eigenvalue weighted by atomic mass is 35.5. The Hall–Kier alpha value is -0.800. The minimum Gasteiger partial charge on any atom is -0.335 e. The number of amides is 1. The minimum atomic E-state index is -0.0291. The van der Waals surface area contributed by atoms with Gasteiger partial charge in [0.2, 0.25) is 0 Å². The van der Waals surface area contributed by atoms with E-state index in [1.807, 2.05) is 4.90 Å². The molecule has 0 atom stereocenters. The standard InChI is InChI=1S/C15H22Cl2N2O/c1-5-12(6-2)19(9-10(3)4)15(20)11-7-13(16)18-14(17)8-11/h7-8,10,12H,5-6,9H2,1-4H3. The average Bonchev–Trinajstić information content (AvgIpc) is 2.36.